The third-order valence-corrected chi connectivity index (χ3v) is 4.46. The molecule has 0 radical (unpaired) electrons. The van der Waals surface area contributed by atoms with Gasteiger partial charge in [0.15, 0.2) is 5.13 Å². The number of rotatable bonds is 2. The Hall–Kier alpha value is -1.67. The Morgan fingerprint density at radius 1 is 1.27 bits per heavy atom. The molecule has 2 aromatic rings. The molecular weight excluding hydrogens is 320 g/mol. The topological polar surface area (TPSA) is 25.4 Å². The first kappa shape index (κ1) is 15.2. The number of alkyl halides is 3. The van der Waals surface area contributed by atoms with Crippen molar-refractivity contribution >= 4 is 16.5 Å². The van der Waals surface area contributed by atoms with Crippen molar-refractivity contribution in [2.75, 3.05) is 24.6 Å². The van der Waals surface area contributed by atoms with Gasteiger partial charge in [-0.25, -0.2) is 9.37 Å². The van der Waals surface area contributed by atoms with Crippen LogP contribution in [0.15, 0.2) is 30.5 Å². The van der Waals surface area contributed by atoms with Crippen LogP contribution in [-0.2, 0) is 10.9 Å². The van der Waals surface area contributed by atoms with Gasteiger partial charge in [-0.2, -0.15) is 13.2 Å². The maximum atomic E-state index is 13.8. The van der Waals surface area contributed by atoms with Gasteiger partial charge in [0.2, 0.25) is 0 Å². The van der Waals surface area contributed by atoms with Crippen molar-refractivity contribution in [3.63, 3.8) is 0 Å². The quantitative estimate of drug-likeness (QED) is 0.781. The van der Waals surface area contributed by atoms with Crippen molar-refractivity contribution < 1.29 is 22.3 Å². The monoisotopic (exact) mass is 332 g/mol. The van der Waals surface area contributed by atoms with E-state index in [1.54, 1.807) is 23.1 Å². The summed E-state index contributed by atoms with van der Waals surface area (Å²) in [6.07, 6.45) is -4.09. The number of hydrogen-bond donors (Lipinski definition) is 0. The van der Waals surface area contributed by atoms with Crippen molar-refractivity contribution in [1.29, 1.82) is 0 Å². The van der Waals surface area contributed by atoms with E-state index in [9.17, 15) is 17.6 Å². The molecule has 0 N–H and O–H groups in total. The van der Waals surface area contributed by atoms with Gasteiger partial charge in [0, 0.05) is 12.1 Å². The Bertz CT molecular complexity index is 658. The number of hydrogen-bond acceptors (Lipinski definition) is 4. The first-order valence-electron chi connectivity index (χ1n) is 6.59. The lowest BCUT2D eigenvalue weighted by Crippen LogP contribution is -2.38. The lowest BCUT2D eigenvalue weighted by atomic mass is 10.1. The molecule has 2 heterocycles. The number of thiazole rings is 1. The highest BCUT2D eigenvalue weighted by Gasteiger charge is 2.34. The number of benzene rings is 1. The maximum absolute atomic E-state index is 13.8. The van der Waals surface area contributed by atoms with Crippen LogP contribution < -0.4 is 4.90 Å². The average molecular weight is 332 g/mol. The normalized spacial score (nSPS) is 19.5. The van der Waals surface area contributed by atoms with Crippen molar-refractivity contribution in [1.82, 2.24) is 4.98 Å². The Kier molecular flexibility index (Phi) is 4.05. The molecule has 1 unspecified atom stereocenters. The number of ether oxygens (including phenoxy) is 1. The van der Waals surface area contributed by atoms with E-state index in [-0.39, 0.29) is 17.5 Å². The Balaban J connectivity index is 1.79. The summed E-state index contributed by atoms with van der Waals surface area (Å²) in [7, 11) is 0. The number of nitrogens with zero attached hydrogens (tertiary/aromatic N) is 2. The predicted octanol–water partition coefficient (Wildman–Crippen LogP) is 3.88. The minimum atomic E-state index is -4.40. The molecule has 1 aromatic heterocycles. The molecule has 0 bridgehead atoms. The molecule has 1 fully saturated rings. The second-order valence-electron chi connectivity index (χ2n) is 4.83. The largest absolute Gasteiger partial charge is 0.427 e. The molecule has 1 aliphatic rings. The van der Waals surface area contributed by atoms with Gasteiger partial charge in [0.25, 0.3) is 0 Å². The van der Waals surface area contributed by atoms with E-state index in [4.69, 9.17) is 4.74 Å². The van der Waals surface area contributed by atoms with Crippen molar-refractivity contribution in [3.8, 4) is 0 Å². The SMILES string of the molecule is Fc1ccccc1C1CN(c2ncc(C(F)(F)F)s2)CCO1. The van der Waals surface area contributed by atoms with Crippen LogP contribution in [0, 0.1) is 5.82 Å². The maximum Gasteiger partial charge on any atom is 0.427 e. The second kappa shape index (κ2) is 5.85. The molecular formula is C14H12F4N2OS. The summed E-state index contributed by atoms with van der Waals surface area (Å²) in [4.78, 5) is 4.79. The summed E-state index contributed by atoms with van der Waals surface area (Å²) < 4.78 is 57.3. The lowest BCUT2D eigenvalue weighted by molar-refractivity contribution is -0.134. The summed E-state index contributed by atoms with van der Waals surface area (Å²) in [5.41, 5.74) is 0.403. The molecule has 8 heteroatoms. The minimum Gasteiger partial charge on any atom is -0.370 e. The van der Waals surface area contributed by atoms with E-state index in [0.29, 0.717) is 30.1 Å². The zero-order valence-electron chi connectivity index (χ0n) is 11.3. The first-order valence-corrected chi connectivity index (χ1v) is 7.41. The predicted molar refractivity (Wildman–Crippen MR) is 74.4 cm³/mol. The number of aromatic nitrogens is 1. The van der Waals surface area contributed by atoms with Crippen LogP contribution in [0.3, 0.4) is 0 Å². The number of halogens is 4. The summed E-state index contributed by atoms with van der Waals surface area (Å²) in [6.45, 7) is 1.00. The summed E-state index contributed by atoms with van der Waals surface area (Å²) in [6, 6.07) is 6.23. The minimum absolute atomic E-state index is 0.270. The van der Waals surface area contributed by atoms with E-state index in [1.807, 2.05) is 0 Å². The molecule has 3 rings (SSSR count). The van der Waals surface area contributed by atoms with Gasteiger partial charge in [-0.15, -0.1) is 0 Å². The lowest BCUT2D eigenvalue weighted by Gasteiger charge is -2.33. The number of morpholine rings is 1. The van der Waals surface area contributed by atoms with Gasteiger partial charge in [0.1, 0.15) is 16.8 Å². The first-order chi connectivity index (χ1) is 10.4. The van der Waals surface area contributed by atoms with Crippen molar-refractivity contribution in [2.45, 2.75) is 12.3 Å². The van der Waals surface area contributed by atoms with Gasteiger partial charge in [-0.3, -0.25) is 0 Å². The molecule has 0 spiro atoms. The van der Waals surface area contributed by atoms with Crippen LogP contribution in [0.5, 0.6) is 0 Å². The average Bonchev–Trinajstić information content (AvgIpc) is 2.98. The highest BCUT2D eigenvalue weighted by molar-refractivity contribution is 7.15. The van der Waals surface area contributed by atoms with Crippen molar-refractivity contribution in [2.24, 2.45) is 0 Å². The van der Waals surface area contributed by atoms with E-state index < -0.39 is 17.2 Å². The fraction of sp³-hybridized carbons (Fsp3) is 0.357. The molecule has 118 valence electrons. The molecule has 1 saturated heterocycles. The van der Waals surface area contributed by atoms with Gasteiger partial charge in [-0.05, 0) is 6.07 Å². The molecule has 3 nitrogen and oxygen atoms in total. The van der Waals surface area contributed by atoms with Crippen LogP contribution in [0.2, 0.25) is 0 Å². The summed E-state index contributed by atoms with van der Waals surface area (Å²) >= 11 is 0.588. The Morgan fingerprint density at radius 3 is 2.73 bits per heavy atom. The zero-order chi connectivity index (χ0) is 15.7. The standard InChI is InChI=1S/C14H12F4N2OS/c15-10-4-2-1-3-9(10)11-8-20(5-6-21-11)13-19-7-12(22-13)14(16,17)18/h1-4,7,11H,5-6,8H2. The molecule has 1 aromatic carbocycles. The van der Waals surface area contributed by atoms with Gasteiger partial charge < -0.3 is 9.64 Å². The van der Waals surface area contributed by atoms with Crippen molar-refractivity contribution in [3.05, 3.63) is 46.7 Å². The molecule has 1 atom stereocenters. The molecule has 1 aliphatic heterocycles. The molecule has 22 heavy (non-hydrogen) atoms. The third kappa shape index (κ3) is 3.07. The van der Waals surface area contributed by atoms with Crippen LogP contribution in [-0.4, -0.2) is 24.7 Å². The third-order valence-electron chi connectivity index (χ3n) is 3.36. The van der Waals surface area contributed by atoms with Crippen LogP contribution >= 0.6 is 11.3 Å². The Labute approximate surface area is 128 Å². The fourth-order valence-electron chi connectivity index (χ4n) is 2.29. The fourth-order valence-corrected chi connectivity index (χ4v) is 3.11. The van der Waals surface area contributed by atoms with E-state index in [1.165, 1.54) is 6.07 Å². The van der Waals surface area contributed by atoms with Crippen LogP contribution in [0.4, 0.5) is 22.7 Å². The smallest absolute Gasteiger partial charge is 0.370 e. The molecule has 0 amide bonds. The highest BCUT2D eigenvalue weighted by Crippen LogP contribution is 2.37. The molecule has 0 aliphatic carbocycles. The second-order valence-corrected chi connectivity index (χ2v) is 5.84. The zero-order valence-corrected chi connectivity index (χ0v) is 12.1. The van der Waals surface area contributed by atoms with E-state index in [0.717, 1.165) is 6.20 Å². The van der Waals surface area contributed by atoms with Crippen LogP contribution in [0.1, 0.15) is 16.5 Å². The van der Waals surface area contributed by atoms with Gasteiger partial charge >= 0.3 is 6.18 Å². The Morgan fingerprint density at radius 2 is 2.05 bits per heavy atom. The summed E-state index contributed by atoms with van der Waals surface area (Å²) in [5.74, 6) is -0.385. The van der Waals surface area contributed by atoms with Gasteiger partial charge in [0.05, 0.1) is 19.3 Å². The molecule has 0 saturated carbocycles. The highest BCUT2D eigenvalue weighted by atomic mass is 32.1. The summed E-state index contributed by atoms with van der Waals surface area (Å²) in [5, 5.41) is 0.275. The van der Waals surface area contributed by atoms with E-state index in [2.05, 4.69) is 4.98 Å². The number of anilines is 1. The van der Waals surface area contributed by atoms with Crippen LogP contribution in [0.25, 0.3) is 0 Å². The van der Waals surface area contributed by atoms with Gasteiger partial charge in [-0.1, -0.05) is 29.5 Å². The van der Waals surface area contributed by atoms with E-state index >= 15 is 0 Å².